The van der Waals surface area contributed by atoms with Gasteiger partial charge in [0.15, 0.2) is 0 Å². The topological polar surface area (TPSA) is 41.6 Å². The van der Waals surface area contributed by atoms with E-state index in [4.69, 9.17) is 4.74 Å². The highest BCUT2D eigenvalue weighted by molar-refractivity contribution is 9.10. The lowest BCUT2D eigenvalue weighted by molar-refractivity contribution is 0.0701. The molecule has 0 aliphatic carbocycles. The summed E-state index contributed by atoms with van der Waals surface area (Å²) < 4.78 is 6.71. The van der Waals surface area contributed by atoms with Crippen molar-refractivity contribution in [3.05, 3.63) is 28.2 Å². The molecule has 1 amide bonds. The van der Waals surface area contributed by atoms with Gasteiger partial charge in [-0.05, 0) is 51.9 Å². The highest BCUT2D eigenvalue weighted by atomic mass is 79.9. The number of likely N-dealkylation sites (tertiary alicyclic amines) is 1. The maximum absolute atomic E-state index is 12.7. The fourth-order valence-corrected chi connectivity index (χ4v) is 2.91. The summed E-state index contributed by atoms with van der Waals surface area (Å²) in [6, 6.07) is 6.12. The summed E-state index contributed by atoms with van der Waals surface area (Å²) in [7, 11) is 1.98. The molecule has 0 saturated carbocycles. The molecule has 1 N–H and O–H groups in total. The Labute approximate surface area is 147 Å². The molecule has 0 atom stereocenters. The van der Waals surface area contributed by atoms with Crippen molar-refractivity contribution in [1.82, 2.24) is 10.2 Å². The van der Waals surface area contributed by atoms with Crippen LogP contribution >= 0.6 is 28.3 Å². The number of nitrogens with one attached hydrogen (secondary N) is 1. The van der Waals surface area contributed by atoms with Crippen molar-refractivity contribution in [2.45, 2.75) is 38.8 Å². The minimum atomic E-state index is 0. The SMILES string of the molecule is CNC1CCN(C(=O)c2ccc(Br)cc2OC(C)C)CC1.Cl. The van der Waals surface area contributed by atoms with Gasteiger partial charge in [0, 0.05) is 23.6 Å². The van der Waals surface area contributed by atoms with Crippen molar-refractivity contribution >= 4 is 34.2 Å². The molecule has 0 aromatic heterocycles. The molecule has 0 radical (unpaired) electrons. The number of benzene rings is 1. The van der Waals surface area contributed by atoms with Crippen molar-refractivity contribution in [1.29, 1.82) is 0 Å². The monoisotopic (exact) mass is 390 g/mol. The Balaban J connectivity index is 0.00000242. The summed E-state index contributed by atoms with van der Waals surface area (Å²) in [5, 5.41) is 3.28. The van der Waals surface area contributed by atoms with Crippen LogP contribution in [-0.2, 0) is 0 Å². The molecule has 124 valence electrons. The first-order valence-electron chi connectivity index (χ1n) is 7.44. The molecular formula is C16H24BrClN2O2. The highest BCUT2D eigenvalue weighted by Crippen LogP contribution is 2.27. The molecule has 1 saturated heterocycles. The molecule has 4 nitrogen and oxygen atoms in total. The second-order valence-corrected chi connectivity index (χ2v) is 6.58. The Bertz CT molecular complexity index is 503. The summed E-state index contributed by atoms with van der Waals surface area (Å²) >= 11 is 3.44. The molecule has 1 heterocycles. The van der Waals surface area contributed by atoms with E-state index >= 15 is 0 Å². The number of amides is 1. The van der Waals surface area contributed by atoms with Gasteiger partial charge in [0.1, 0.15) is 5.75 Å². The van der Waals surface area contributed by atoms with E-state index < -0.39 is 0 Å². The highest BCUT2D eigenvalue weighted by Gasteiger charge is 2.25. The third-order valence-corrected chi connectivity index (χ3v) is 4.22. The number of carbonyl (C=O) groups excluding carboxylic acids is 1. The van der Waals surface area contributed by atoms with Gasteiger partial charge in [-0.15, -0.1) is 12.4 Å². The minimum absolute atomic E-state index is 0. The maximum Gasteiger partial charge on any atom is 0.257 e. The third kappa shape index (κ3) is 4.86. The normalized spacial score (nSPS) is 15.6. The molecule has 0 unspecified atom stereocenters. The Hall–Kier alpha value is -0.780. The Kier molecular flexibility index (Phi) is 7.66. The lowest BCUT2D eigenvalue weighted by Crippen LogP contribution is -2.44. The van der Waals surface area contributed by atoms with Crippen LogP contribution in [0.4, 0.5) is 0 Å². The zero-order valence-corrected chi connectivity index (χ0v) is 15.7. The van der Waals surface area contributed by atoms with Gasteiger partial charge in [-0.1, -0.05) is 15.9 Å². The molecule has 2 rings (SSSR count). The predicted molar refractivity (Wildman–Crippen MR) is 95.1 cm³/mol. The van der Waals surface area contributed by atoms with Crippen molar-refractivity contribution in [2.24, 2.45) is 0 Å². The second kappa shape index (κ2) is 8.75. The van der Waals surface area contributed by atoms with E-state index in [2.05, 4.69) is 21.2 Å². The third-order valence-electron chi connectivity index (χ3n) is 3.73. The number of hydrogen-bond donors (Lipinski definition) is 1. The number of hydrogen-bond acceptors (Lipinski definition) is 3. The van der Waals surface area contributed by atoms with Crippen LogP contribution in [0.25, 0.3) is 0 Å². The Morgan fingerprint density at radius 3 is 2.55 bits per heavy atom. The quantitative estimate of drug-likeness (QED) is 0.854. The summed E-state index contributed by atoms with van der Waals surface area (Å²) in [5.74, 6) is 0.716. The van der Waals surface area contributed by atoms with Crippen molar-refractivity contribution < 1.29 is 9.53 Å². The van der Waals surface area contributed by atoms with E-state index in [-0.39, 0.29) is 24.4 Å². The zero-order chi connectivity index (χ0) is 15.4. The van der Waals surface area contributed by atoms with E-state index in [0.717, 1.165) is 30.4 Å². The molecule has 1 fully saturated rings. The number of carbonyl (C=O) groups is 1. The van der Waals surface area contributed by atoms with Crippen LogP contribution in [0.5, 0.6) is 5.75 Å². The van der Waals surface area contributed by atoms with Gasteiger partial charge < -0.3 is 15.0 Å². The van der Waals surface area contributed by atoms with Crippen molar-refractivity contribution in [3.63, 3.8) is 0 Å². The summed E-state index contributed by atoms with van der Waals surface area (Å²) in [6.07, 6.45) is 2.04. The van der Waals surface area contributed by atoms with Crippen LogP contribution in [0.1, 0.15) is 37.0 Å². The first-order valence-corrected chi connectivity index (χ1v) is 8.23. The molecule has 1 aromatic rings. The number of rotatable bonds is 4. The Morgan fingerprint density at radius 1 is 1.36 bits per heavy atom. The Morgan fingerprint density at radius 2 is 2.00 bits per heavy atom. The average Bonchev–Trinajstić information content (AvgIpc) is 2.46. The van der Waals surface area contributed by atoms with Crippen molar-refractivity contribution in [2.75, 3.05) is 20.1 Å². The molecule has 1 aromatic carbocycles. The largest absolute Gasteiger partial charge is 0.490 e. The molecule has 0 spiro atoms. The van der Waals surface area contributed by atoms with E-state index in [0.29, 0.717) is 17.4 Å². The standard InChI is InChI=1S/C16H23BrN2O2.ClH/c1-11(2)21-15-10-12(17)4-5-14(15)16(20)19-8-6-13(18-3)7-9-19;/h4-5,10-11,13,18H,6-9H2,1-3H3;1H. The lowest BCUT2D eigenvalue weighted by atomic mass is 10.0. The number of piperidine rings is 1. The average molecular weight is 392 g/mol. The van der Waals surface area contributed by atoms with Gasteiger partial charge in [-0.2, -0.15) is 0 Å². The van der Waals surface area contributed by atoms with Gasteiger partial charge in [-0.25, -0.2) is 0 Å². The minimum Gasteiger partial charge on any atom is -0.490 e. The van der Waals surface area contributed by atoms with Crippen LogP contribution in [-0.4, -0.2) is 43.1 Å². The van der Waals surface area contributed by atoms with Crippen LogP contribution in [0.15, 0.2) is 22.7 Å². The molecule has 1 aliphatic rings. The fourth-order valence-electron chi connectivity index (χ4n) is 2.57. The molecule has 0 bridgehead atoms. The lowest BCUT2D eigenvalue weighted by Gasteiger charge is -2.32. The fraction of sp³-hybridized carbons (Fsp3) is 0.562. The van der Waals surface area contributed by atoms with E-state index in [1.807, 2.05) is 44.0 Å². The van der Waals surface area contributed by atoms with E-state index in [9.17, 15) is 4.79 Å². The number of nitrogens with zero attached hydrogens (tertiary/aromatic N) is 1. The summed E-state index contributed by atoms with van der Waals surface area (Å²) in [5.41, 5.74) is 0.648. The van der Waals surface area contributed by atoms with Gasteiger partial charge >= 0.3 is 0 Å². The van der Waals surface area contributed by atoms with E-state index in [1.54, 1.807) is 0 Å². The smallest absolute Gasteiger partial charge is 0.257 e. The molecule has 1 aliphatic heterocycles. The first kappa shape index (κ1) is 19.3. The number of ether oxygens (including phenoxy) is 1. The predicted octanol–water partition coefficient (Wildman–Crippen LogP) is 3.48. The van der Waals surface area contributed by atoms with Crippen LogP contribution in [0.3, 0.4) is 0 Å². The maximum atomic E-state index is 12.7. The van der Waals surface area contributed by atoms with Crippen LogP contribution in [0, 0.1) is 0 Å². The number of halogens is 2. The molecular weight excluding hydrogens is 368 g/mol. The zero-order valence-electron chi connectivity index (χ0n) is 13.3. The van der Waals surface area contributed by atoms with Crippen molar-refractivity contribution in [3.8, 4) is 5.75 Å². The molecule has 6 heteroatoms. The second-order valence-electron chi connectivity index (χ2n) is 5.66. The van der Waals surface area contributed by atoms with E-state index in [1.165, 1.54) is 0 Å². The summed E-state index contributed by atoms with van der Waals surface area (Å²) in [6.45, 7) is 5.52. The van der Waals surface area contributed by atoms with Gasteiger partial charge in [-0.3, -0.25) is 4.79 Å². The molecule has 22 heavy (non-hydrogen) atoms. The van der Waals surface area contributed by atoms with Crippen LogP contribution < -0.4 is 10.1 Å². The van der Waals surface area contributed by atoms with Gasteiger partial charge in [0.2, 0.25) is 0 Å². The van der Waals surface area contributed by atoms with Gasteiger partial charge in [0.05, 0.1) is 11.7 Å². The van der Waals surface area contributed by atoms with Crippen LogP contribution in [0.2, 0.25) is 0 Å². The van der Waals surface area contributed by atoms with Gasteiger partial charge in [0.25, 0.3) is 5.91 Å². The summed E-state index contributed by atoms with van der Waals surface area (Å²) in [4.78, 5) is 14.6. The first-order chi connectivity index (χ1) is 10.0.